The van der Waals surface area contributed by atoms with Crippen LogP contribution in [0.1, 0.15) is 19.8 Å². The molecule has 0 unspecified atom stereocenters. The van der Waals surface area contributed by atoms with Crippen LogP contribution in [0.5, 0.6) is 0 Å². The minimum absolute atomic E-state index is 1.15. The zero-order valence-corrected chi connectivity index (χ0v) is 11.5. The van der Waals surface area contributed by atoms with Crippen molar-refractivity contribution < 1.29 is 34.6 Å². The predicted octanol–water partition coefficient (Wildman–Crippen LogP) is -2.34. The Morgan fingerprint density at radius 2 is 1.95 bits per heavy atom. The van der Waals surface area contributed by atoms with Crippen molar-refractivity contribution in [1.29, 1.82) is 0 Å². The van der Waals surface area contributed by atoms with Crippen molar-refractivity contribution in [1.82, 2.24) is 4.57 Å². The Hall–Kier alpha value is -1.93. The Morgan fingerprint density at radius 1 is 1.35 bits per heavy atom. The summed E-state index contributed by atoms with van der Waals surface area (Å²) in [6.07, 6.45) is 4.11. The van der Waals surface area contributed by atoms with Crippen molar-refractivity contribution in [3.05, 3.63) is 18.7 Å². The SMILES string of the molecule is CCCCn1cc[n+](C)c1.O=C([O-])[C@@H](O)[C@H](O)C(=O)O. The van der Waals surface area contributed by atoms with Gasteiger partial charge in [-0.05, 0) is 6.42 Å². The molecule has 1 heterocycles. The normalized spacial score (nSPS) is 13.0. The summed E-state index contributed by atoms with van der Waals surface area (Å²) in [5.41, 5.74) is 0. The van der Waals surface area contributed by atoms with Gasteiger partial charge in [-0.3, -0.25) is 0 Å². The maximum absolute atomic E-state index is 9.74. The highest BCUT2D eigenvalue weighted by atomic mass is 16.4. The summed E-state index contributed by atoms with van der Waals surface area (Å²) in [5.74, 6) is -3.83. The number of imidazole rings is 1. The van der Waals surface area contributed by atoms with Crippen molar-refractivity contribution in [3.63, 3.8) is 0 Å². The Morgan fingerprint density at radius 3 is 2.25 bits per heavy atom. The number of hydrogen-bond acceptors (Lipinski definition) is 5. The lowest BCUT2D eigenvalue weighted by Gasteiger charge is -2.13. The summed E-state index contributed by atoms with van der Waals surface area (Å²) in [4.78, 5) is 19.4. The number of carboxylic acids is 2. The second kappa shape index (κ2) is 9.05. The van der Waals surface area contributed by atoms with E-state index in [0.29, 0.717) is 0 Å². The number of carbonyl (C=O) groups excluding carboxylic acids is 1. The lowest BCUT2D eigenvalue weighted by atomic mass is 10.2. The van der Waals surface area contributed by atoms with Gasteiger partial charge in [0.2, 0.25) is 6.33 Å². The third-order valence-corrected chi connectivity index (χ3v) is 2.39. The molecule has 0 aliphatic heterocycles. The first kappa shape index (κ1) is 18.1. The molecule has 0 bridgehead atoms. The lowest BCUT2D eigenvalue weighted by molar-refractivity contribution is -0.671. The molecule has 1 rings (SSSR count). The number of aromatic nitrogens is 2. The summed E-state index contributed by atoms with van der Waals surface area (Å²) < 4.78 is 4.28. The van der Waals surface area contributed by atoms with E-state index in [9.17, 15) is 14.7 Å². The van der Waals surface area contributed by atoms with E-state index in [1.54, 1.807) is 0 Å². The number of carbonyl (C=O) groups is 2. The summed E-state index contributed by atoms with van der Waals surface area (Å²) in [6.45, 7) is 3.36. The van der Waals surface area contributed by atoms with Crippen LogP contribution in [0.15, 0.2) is 18.7 Å². The van der Waals surface area contributed by atoms with Gasteiger partial charge in [-0.2, -0.15) is 0 Å². The van der Waals surface area contributed by atoms with Crippen molar-refractivity contribution in [3.8, 4) is 0 Å². The van der Waals surface area contributed by atoms with E-state index in [4.69, 9.17) is 15.3 Å². The molecule has 3 N–H and O–H groups in total. The van der Waals surface area contributed by atoms with Gasteiger partial charge < -0.3 is 25.2 Å². The third kappa shape index (κ3) is 6.86. The second-order valence-electron chi connectivity index (χ2n) is 4.22. The van der Waals surface area contributed by atoms with Gasteiger partial charge in [-0.25, -0.2) is 13.9 Å². The highest BCUT2D eigenvalue weighted by Crippen LogP contribution is 1.92. The van der Waals surface area contributed by atoms with Crippen LogP contribution < -0.4 is 9.67 Å². The first-order chi connectivity index (χ1) is 9.29. The third-order valence-electron chi connectivity index (χ3n) is 2.39. The van der Waals surface area contributed by atoms with Crippen molar-refractivity contribution in [2.45, 2.75) is 38.5 Å². The molecule has 0 aromatic carbocycles. The Labute approximate surface area is 116 Å². The van der Waals surface area contributed by atoms with Crippen molar-refractivity contribution >= 4 is 11.9 Å². The average Bonchev–Trinajstić information content (AvgIpc) is 2.80. The highest BCUT2D eigenvalue weighted by molar-refractivity contribution is 5.81. The fraction of sp³-hybridized carbons (Fsp3) is 0.583. The van der Waals surface area contributed by atoms with Gasteiger partial charge in [0.25, 0.3) is 0 Å². The molecular formula is C12H20N2O6. The van der Waals surface area contributed by atoms with E-state index >= 15 is 0 Å². The zero-order chi connectivity index (χ0) is 15.7. The van der Waals surface area contributed by atoms with Gasteiger partial charge in [0.05, 0.1) is 19.6 Å². The summed E-state index contributed by atoms with van der Waals surface area (Å²) >= 11 is 0. The lowest BCUT2D eigenvalue weighted by Crippen LogP contribution is -2.46. The van der Waals surface area contributed by atoms with Gasteiger partial charge in [0.15, 0.2) is 6.10 Å². The van der Waals surface area contributed by atoms with Crippen LogP contribution in [0.3, 0.4) is 0 Å². The van der Waals surface area contributed by atoms with Gasteiger partial charge in [-0.15, -0.1) is 0 Å². The molecule has 20 heavy (non-hydrogen) atoms. The smallest absolute Gasteiger partial charge is 0.335 e. The topological polar surface area (TPSA) is 127 Å². The summed E-state index contributed by atoms with van der Waals surface area (Å²) in [5, 5.41) is 34.1. The minimum atomic E-state index is -2.38. The van der Waals surface area contributed by atoms with Gasteiger partial charge in [0, 0.05) is 0 Å². The van der Waals surface area contributed by atoms with Crippen LogP contribution >= 0.6 is 0 Å². The number of aliphatic hydroxyl groups is 2. The number of aryl methyl sites for hydroxylation is 2. The fourth-order valence-corrected chi connectivity index (χ4v) is 1.24. The Balaban J connectivity index is 0.000000361. The molecule has 0 amide bonds. The summed E-state index contributed by atoms with van der Waals surface area (Å²) in [7, 11) is 2.04. The van der Waals surface area contributed by atoms with E-state index in [2.05, 4.69) is 34.8 Å². The van der Waals surface area contributed by atoms with E-state index in [1.165, 1.54) is 12.8 Å². The zero-order valence-electron chi connectivity index (χ0n) is 11.5. The molecule has 2 atom stereocenters. The molecule has 114 valence electrons. The van der Waals surface area contributed by atoms with Crippen molar-refractivity contribution in [2.75, 3.05) is 0 Å². The van der Waals surface area contributed by atoms with Crippen LogP contribution in [0.2, 0.25) is 0 Å². The maximum Gasteiger partial charge on any atom is 0.335 e. The quantitative estimate of drug-likeness (QED) is 0.503. The molecule has 0 saturated carbocycles. The number of carboxylic acid groups (broad SMARTS) is 2. The molecule has 0 fully saturated rings. The average molecular weight is 288 g/mol. The molecule has 8 heteroatoms. The standard InChI is InChI=1S/C8H15N2.C4H6O6/c1-3-4-5-10-7-6-9(2)8-10;5-1(3(7)8)2(6)4(9)10/h6-8H,3-5H2,1-2H3;1-2,5-6H,(H,7,8)(H,9,10)/q+1;/p-1/t;1-,2-/m.0/s1. The molecule has 0 radical (unpaired) electrons. The van der Waals surface area contributed by atoms with Gasteiger partial charge in [0.1, 0.15) is 18.5 Å². The number of nitrogens with zero attached hydrogens (tertiary/aromatic N) is 2. The van der Waals surface area contributed by atoms with E-state index < -0.39 is 24.1 Å². The molecule has 8 nitrogen and oxygen atoms in total. The highest BCUT2D eigenvalue weighted by Gasteiger charge is 2.23. The van der Waals surface area contributed by atoms with Crippen molar-refractivity contribution in [2.24, 2.45) is 7.05 Å². The molecule has 0 saturated heterocycles. The first-order valence-electron chi connectivity index (χ1n) is 6.10. The van der Waals surface area contributed by atoms with E-state index in [1.807, 2.05) is 7.05 Å². The second-order valence-corrected chi connectivity index (χ2v) is 4.22. The number of unbranched alkanes of at least 4 members (excludes halogenated alkanes) is 1. The fourth-order valence-electron chi connectivity index (χ4n) is 1.24. The largest absolute Gasteiger partial charge is 0.547 e. The predicted molar refractivity (Wildman–Crippen MR) is 65.2 cm³/mol. The van der Waals surface area contributed by atoms with Crippen LogP contribution in [0.25, 0.3) is 0 Å². The maximum atomic E-state index is 9.74. The number of rotatable bonds is 6. The van der Waals surface area contributed by atoms with Gasteiger partial charge in [-0.1, -0.05) is 13.3 Å². The Kier molecular flexibility index (Phi) is 8.18. The molecule has 0 aliphatic carbocycles. The van der Waals surface area contributed by atoms with E-state index in [0.717, 1.165) is 6.54 Å². The van der Waals surface area contributed by atoms with Crippen LogP contribution in [-0.4, -0.2) is 44.0 Å². The molecule has 1 aromatic heterocycles. The summed E-state index contributed by atoms with van der Waals surface area (Å²) in [6, 6.07) is 0. The minimum Gasteiger partial charge on any atom is -0.547 e. The molecule has 0 aliphatic rings. The van der Waals surface area contributed by atoms with Crippen LogP contribution in [-0.2, 0) is 23.2 Å². The van der Waals surface area contributed by atoms with Crippen LogP contribution in [0, 0.1) is 0 Å². The monoisotopic (exact) mass is 288 g/mol. The first-order valence-corrected chi connectivity index (χ1v) is 6.10. The molecular weight excluding hydrogens is 268 g/mol. The number of aliphatic hydroxyl groups excluding tert-OH is 2. The number of aliphatic carboxylic acids is 2. The molecule has 1 aromatic rings. The number of hydrogen-bond donors (Lipinski definition) is 3. The van der Waals surface area contributed by atoms with Gasteiger partial charge >= 0.3 is 5.97 Å². The Bertz CT molecular complexity index is 413. The van der Waals surface area contributed by atoms with Crippen LogP contribution in [0.4, 0.5) is 0 Å². The molecule has 0 spiro atoms. The van der Waals surface area contributed by atoms with E-state index in [-0.39, 0.29) is 0 Å².